The highest BCUT2D eigenvalue weighted by Crippen LogP contribution is 2.33. The van der Waals surface area contributed by atoms with Crippen LogP contribution < -0.4 is 20.8 Å². The van der Waals surface area contributed by atoms with E-state index >= 15 is 0 Å². The Bertz CT molecular complexity index is 1380. The Morgan fingerprint density at radius 1 is 1.06 bits per heavy atom. The van der Waals surface area contributed by atoms with Gasteiger partial charge >= 0.3 is 0 Å². The minimum Gasteiger partial charge on any atom is -0.330 e. The number of amides is 1. The van der Waals surface area contributed by atoms with Gasteiger partial charge in [-0.2, -0.15) is 5.10 Å². The monoisotopic (exact) mass is 499 g/mol. The molecule has 3 aromatic carbocycles. The van der Waals surface area contributed by atoms with Crippen molar-refractivity contribution in [2.75, 3.05) is 10.2 Å². The third-order valence-electron chi connectivity index (χ3n) is 4.85. The largest absolute Gasteiger partial charge is 0.330 e. The van der Waals surface area contributed by atoms with Gasteiger partial charge in [-0.05, 0) is 48.1 Å². The number of para-hydroxylation sites is 1. The quantitative estimate of drug-likeness (QED) is 0.366. The zero-order valence-electron chi connectivity index (χ0n) is 17.0. The van der Waals surface area contributed by atoms with Crippen molar-refractivity contribution >= 4 is 61.9 Å². The second-order valence-electron chi connectivity index (χ2n) is 7.11. The van der Waals surface area contributed by atoms with Gasteiger partial charge < -0.3 is 10.2 Å². The summed E-state index contributed by atoms with van der Waals surface area (Å²) in [7, 11) is -3.96. The normalized spacial score (nSPS) is 14.3. The number of primary sulfonamides is 1. The Labute approximate surface area is 201 Å². The number of halogens is 1. The number of anilines is 2. The molecule has 1 aliphatic rings. The molecule has 0 saturated heterocycles. The molecule has 0 spiro atoms. The predicted molar refractivity (Wildman–Crippen MR) is 133 cm³/mol. The van der Waals surface area contributed by atoms with Crippen LogP contribution in [0.2, 0.25) is 5.02 Å². The van der Waals surface area contributed by atoms with Crippen LogP contribution in [0.5, 0.6) is 0 Å². The second-order valence-corrected chi connectivity index (χ2v) is 9.48. The molecule has 4 N–H and O–H groups in total. The van der Waals surface area contributed by atoms with Crippen LogP contribution in [0.4, 0.5) is 11.4 Å². The minimum absolute atomic E-state index is 0.0107. The lowest BCUT2D eigenvalue weighted by Crippen LogP contribution is -2.32. The molecular weight excluding hydrogens is 482 g/mol. The molecule has 168 valence electrons. The number of thiocarbonyl (C=S) groups is 1. The fourth-order valence-electron chi connectivity index (χ4n) is 3.39. The Morgan fingerprint density at radius 2 is 1.76 bits per heavy atom. The van der Waals surface area contributed by atoms with Gasteiger partial charge in [-0.25, -0.2) is 13.6 Å². The highest BCUT2D eigenvalue weighted by Gasteiger charge is 2.34. The average Bonchev–Trinajstić information content (AvgIpc) is 3.03. The Balaban J connectivity index is 1.58. The van der Waals surface area contributed by atoms with E-state index in [1.54, 1.807) is 35.2 Å². The number of nitrogens with zero attached hydrogens (tertiary/aromatic N) is 2. The summed E-state index contributed by atoms with van der Waals surface area (Å²) in [6, 6.07) is 20.7. The van der Waals surface area contributed by atoms with Gasteiger partial charge in [0.15, 0.2) is 10.8 Å². The standard InChI is InChI=1S/C22H18ClN5O3S2/c23-15-10-11-16-18(12-15)28(13-14-6-2-1-3-7-14)21(29)20(16)26-27-22(32)25-17-8-4-5-9-19(17)33(24,30)31/h1-12H,13H2,(H2,24,30,31)(H2,25,27,32). The maximum atomic E-state index is 13.2. The van der Waals surface area contributed by atoms with Crippen LogP contribution in [-0.2, 0) is 21.4 Å². The van der Waals surface area contributed by atoms with E-state index in [4.69, 9.17) is 29.0 Å². The molecule has 0 unspecified atom stereocenters. The van der Waals surface area contributed by atoms with Crippen molar-refractivity contribution in [1.82, 2.24) is 5.43 Å². The highest BCUT2D eigenvalue weighted by atomic mass is 35.5. The van der Waals surface area contributed by atoms with E-state index in [0.717, 1.165) is 5.56 Å². The summed E-state index contributed by atoms with van der Waals surface area (Å²) in [4.78, 5) is 14.7. The molecule has 0 bridgehead atoms. The summed E-state index contributed by atoms with van der Waals surface area (Å²) in [6.07, 6.45) is 0. The van der Waals surface area contributed by atoms with Gasteiger partial charge in [-0.1, -0.05) is 54.1 Å². The third-order valence-corrected chi connectivity index (χ3v) is 6.25. The zero-order chi connectivity index (χ0) is 23.6. The summed E-state index contributed by atoms with van der Waals surface area (Å²) in [6.45, 7) is 0.344. The Hall–Kier alpha value is -3.31. The topological polar surface area (TPSA) is 117 Å². The summed E-state index contributed by atoms with van der Waals surface area (Å²) >= 11 is 11.4. The SMILES string of the molecule is NS(=O)(=O)c1ccccc1NC(=S)NN=C1C(=O)N(Cc2ccccc2)c2cc(Cl)ccc21. The number of nitrogens with two attached hydrogens (primary N) is 1. The number of hydrogen-bond acceptors (Lipinski definition) is 5. The molecule has 3 aromatic rings. The lowest BCUT2D eigenvalue weighted by Gasteiger charge is -2.17. The van der Waals surface area contributed by atoms with Crippen LogP contribution in [0.3, 0.4) is 0 Å². The van der Waals surface area contributed by atoms with Gasteiger partial charge in [0.25, 0.3) is 5.91 Å². The molecule has 0 aromatic heterocycles. The minimum atomic E-state index is -3.96. The first-order valence-electron chi connectivity index (χ1n) is 9.66. The summed E-state index contributed by atoms with van der Waals surface area (Å²) in [5, 5.41) is 12.7. The Morgan fingerprint density at radius 3 is 2.48 bits per heavy atom. The third kappa shape index (κ3) is 5.04. The molecule has 1 amide bonds. The summed E-state index contributed by atoms with van der Waals surface area (Å²) in [5.41, 5.74) is 5.14. The number of benzene rings is 3. The van der Waals surface area contributed by atoms with Crippen molar-refractivity contribution in [3.63, 3.8) is 0 Å². The number of rotatable bonds is 5. The number of carbonyl (C=O) groups is 1. The van der Waals surface area contributed by atoms with E-state index in [2.05, 4.69) is 15.8 Å². The molecule has 0 saturated carbocycles. The Kier molecular flexibility index (Phi) is 6.43. The van der Waals surface area contributed by atoms with Crippen LogP contribution in [-0.4, -0.2) is 25.1 Å². The number of hydrogen-bond donors (Lipinski definition) is 3. The van der Waals surface area contributed by atoms with Gasteiger partial charge in [0.2, 0.25) is 10.0 Å². The average molecular weight is 500 g/mol. The number of carbonyl (C=O) groups excluding carboxylic acids is 1. The van der Waals surface area contributed by atoms with E-state index in [1.807, 2.05) is 30.3 Å². The molecule has 11 heteroatoms. The molecule has 8 nitrogen and oxygen atoms in total. The van der Waals surface area contributed by atoms with Crippen LogP contribution in [0, 0.1) is 0 Å². The first-order chi connectivity index (χ1) is 15.7. The fourth-order valence-corrected chi connectivity index (χ4v) is 4.40. The van der Waals surface area contributed by atoms with Gasteiger partial charge in [-0.3, -0.25) is 10.2 Å². The van der Waals surface area contributed by atoms with Crippen molar-refractivity contribution in [2.45, 2.75) is 11.4 Å². The molecule has 0 aliphatic carbocycles. The molecule has 4 rings (SSSR count). The van der Waals surface area contributed by atoms with E-state index < -0.39 is 10.0 Å². The molecular formula is C22H18ClN5O3S2. The number of nitrogens with one attached hydrogen (secondary N) is 2. The maximum absolute atomic E-state index is 13.2. The van der Waals surface area contributed by atoms with Crippen molar-refractivity contribution in [3.8, 4) is 0 Å². The predicted octanol–water partition coefficient (Wildman–Crippen LogP) is 3.22. The van der Waals surface area contributed by atoms with Gasteiger partial charge in [0.1, 0.15) is 4.90 Å². The number of hydrazone groups is 1. The first kappa shape index (κ1) is 22.9. The fraction of sp³-hybridized carbons (Fsp3) is 0.0455. The second kappa shape index (κ2) is 9.28. The lowest BCUT2D eigenvalue weighted by atomic mass is 10.1. The number of sulfonamides is 1. The van der Waals surface area contributed by atoms with E-state index in [9.17, 15) is 13.2 Å². The molecule has 0 radical (unpaired) electrons. The molecule has 1 heterocycles. The number of fused-ring (bicyclic) bond motifs is 1. The van der Waals surface area contributed by atoms with Crippen LogP contribution >= 0.6 is 23.8 Å². The van der Waals surface area contributed by atoms with Crippen LogP contribution in [0.15, 0.2) is 82.8 Å². The first-order valence-corrected chi connectivity index (χ1v) is 12.0. The summed E-state index contributed by atoms with van der Waals surface area (Å²) in [5.74, 6) is -0.323. The highest BCUT2D eigenvalue weighted by molar-refractivity contribution is 7.89. The van der Waals surface area contributed by atoms with Crippen molar-refractivity contribution in [2.24, 2.45) is 10.2 Å². The van der Waals surface area contributed by atoms with E-state index in [1.165, 1.54) is 12.1 Å². The lowest BCUT2D eigenvalue weighted by molar-refractivity contribution is -0.112. The van der Waals surface area contributed by atoms with Gasteiger partial charge in [-0.15, -0.1) is 0 Å². The van der Waals surface area contributed by atoms with E-state index in [0.29, 0.717) is 22.8 Å². The van der Waals surface area contributed by atoms with Gasteiger partial charge in [0.05, 0.1) is 17.9 Å². The molecule has 0 fully saturated rings. The summed E-state index contributed by atoms with van der Waals surface area (Å²) < 4.78 is 23.6. The zero-order valence-corrected chi connectivity index (χ0v) is 19.4. The van der Waals surface area contributed by atoms with Crippen LogP contribution in [0.25, 0.3) is 0 Å². The van der Waals surface area contributed by atoms with Crippen molar-refractivity contribution in [3.05, 3.63) is 88.9 Å². The maximum Gasteiger partial charge on any atom is 0.279 e. The molecule has 0 atom stereocenters. The van der Waals surface area contributed by atoms with E-state index in [-0.39, 0.29) is 27.3 Å². The van der Waals surface area contributed by atoms with Crippen molar-refractivity contribution < 1.29 is 13.2 Å². The van der Waals surface area contributed by atoms with Gasteiger partial charge in [0, 0.05) is 10.6 Å². The smallest absolute Gasteiger partial charge is 0.279 e. The molecule has 1 aliphatic heterocycles. The van der Waals surface area contributed by atoms with Crippen molar-refractivity contribution in [1.29, 1.82) is 0 Å². The molecule has 33 heavy (non-hydrogen) atoms. The van der Waals surface area contributed by atoms with Crippen LogP contribution in [0.1, 0.15) is 11.1 Å².